The minimum absolute atomic E-state index is 0.110. The summed E-state index contributed by atoms with van der Waals surface area (Å²) in [5, 5.41) is 15.9. The molecule has 1 fully saturated rings. The zero-order valence-electron chi connectivity index (χ0n) is 19.6. The van der Waals surface area contributed by atoms with Gasteiger partial charge in [-0.25, -0.2) is 0 Å². The first-order valence-electron chi connectivity index (χ1n) is 11.7. The van der Waals surface area contributed by atoms with Crippen molar-refractivity contribution >= 4 is 29.2 Å². The summed E-state index contributed by atoms with van der Waals surface area (Å²) >= 11 is 0. The summed E-state index contributed by atoms with van der Waals surface area (Å²) in [7, 11) is 1.85. The molecule has 0 spiro atoms. The Morgan fingerprint density at radius 2 is 2.21 bits per heavy atom. The molecule has 3 aliphatic rings. The van der Waals surface area contributed by atoms with Crippen LogP contribution in [0.25, 0.3) is 5.57 Å². The van der Waals surface area contributed by atoms with E-state index in [1.807, 2.05) is 18.1 Å². The minimum atomic E-state index is 0.110. The SMILES string of the molecule is CN/C=C(\C=N)c1ccc2c(c1)[C@@H](C)CN2c1nn([C@H]2CCOC2)c2c1CN(C(C)=O)CC2. The highest BCUT2D eigenvalue weighted by atomic mass is 16.5. The summed E-state index contributed by atoms with van der Waals surface area (Å²) in [6.45, 7) is 7.55. The monoisotopic (exact) mass is 448 g/mol. The zero-order valence-corrected chi connectivity index (χ0v) is 19.6. The maximum Gasteiger partial charge on any atom is 0.219 e. The highest BCUT2D eigenvalue weighted by molar-refractivity contribution is 6.08. The topological polar surface area (TPSA) is 86.5 Å². The number of benzene rings is 1. The van der Waals surface area contributed by atoms with Crippen LogP contribution in [0.1, 0.15) is 54.6 Å². The lowest BCUT2D eigenvalue weighted by Gasteiger charge is -2.28. The molecular weight excluding hydrogens is 416 g/mol. The summed E-state index contributed by atoms with van der Waals surface area (Å²) in [4.78, 5) is 16.4. The van der Waals surface area contributed by atoms with E-state index in [1.54, 1.807) is 6.92 Å². The third-order valence-electron chi connectivity index (χ3n) is 7.11. The highest BCUT2D eigenvalue weighted by Gasteiger charge is 2.36. The van der Waals surface area contributed by atoms with Gasteiger partial charge in [-0.15, -0.1) is 0 Å². The van der Waals surface area contributed by atoms with Crippen molar-refractivity contribution in [2.45, 2.75) is 45.2 Å². The average Bonchev–Trinajstić information content (AvgIpc) is 3.54. The zero-order chi connectivity index (χ0) is 23.1. The van der Waals surface area contributed by atoms with Crippen LogP contribution in [0.15, 0.2) is 24.4 Å². The first-order valence-corrected chi connectivity index (χ1v) is 11.7. The largest absolute Gasteiger partial charge is 0.393 e. The first-order chi connectivity index (χ1) is 16.0. The summed E-state index contributed by atoms with van der Waals surface area (Å²) in [5.41, 5.74) is 6.73. The van der Waals surface area contributed by atoms with Crippen LogP contribution >= 0.6 is 0 Å². The molecule has 1 amide bonds. The van der Waals surface area contributed by atoms with E-state index in [0.717, 1.165) is 55.2 Å². The summed E-state index contributed by atoms with van der Waals surface area (Å²) < 4.78 is 7.86. The van der Waals surface area contributed by atoms with Gasteiger partial charge in [0.1, 0.15) is 0 Å². The summed E-state index contributed by atoms with van der Waals surface area (Å²) in [6, 6.07) is 6.69. The number of nitrogens with zero attached hydrogens (tertiary/aromatic N) is 4. The van der Waals surface area contributed by atoms with E-state index in [9.17, 15) is 4.79 Å². The van der Waals surface area contributed by atoms with Gasteiger partial charge in [0.15, 0.2) is 5.82 Å². The first kappa shape index (κ1) is 21.7. The maximum absolute atomic E-state index is 12.2. The van der Waals surface area contributed by atoms with Crippen molar-refractivity contribution in [1.82, 2.24) is 20.0 Å². The van der Waals surface area contributed by atoms with Gasteiger partial charge in [-0.1, -0.05) is 13.0 Å². The number of anilines is 2. The molecule has 8 heteroatoms. The van der Waals surface area contributed by atoms with E-state index in [0.29, 0.717) is 19.1 Å². The number of amides is 1. The molecule has 0 bridgehead atoms. The Hall–Kier alpha value is -3.13. The normalized spacial score (nSPS) is 22.3. The number of allylic oxidation sites excluding steroid dienone is 1. The standard InChI is InChI=1S/C25H32N6O2/c1-16-13-30(23-5-4-18(10-21(16)23)19(11-26)12-27-3)25-22-14-29(17(2)32)8-6-24(22)31(28-25)20-7-9-33-15-20/h4-5,10-12,16,20,26-27H,6-9,13-15H2,1-3H3/b19-12+,26-11?/t16-,20-/m0/s1. The number of fused-ring (bicyclic) bond motifs is 2. The third kappa shape index (κ3) is 3.72. The molecular formula is C25H32N6O2. The molecule has 33 heavy (non-hydrogen) atoms. The molecule has 1 saturated heterocycles. The number of aromatic nitrogens is 2. The number of nitrogens with one attached hydrogen (secondary N) is 2. The fourth-order valence-electron chi connectivity index (χ4n) is 5.34. The van der Waals surface area contributed by atoms with E-state index in [1.165, 1.54) is 23.0 Å². The second-order valence-electron chi connectivity index (χ2n) is 9.22. The van der Waals surface area contributed by atoms with Gasteiger partial charge >= 0.3 is 0 Å². The lowest BCUT2D eigenvalue weighted by atomic mass is 9.98. The van der Waals surface area contributed by atoms with Gasteiger partial charge in [0.2, 0.25) is 5.91 Å². The van der Waals surface area contributed by atoms with Crippen molar-refractivity contribution in [2.75, 3.05) is 38.3 Å². The number of ether oxygens (including phenoxy) is 1. The molecule has 4 heterocycles. The molecule has 174 valence electrons. The lowest BCUT2D eigenvalue weighted by molar-refractivity contribution is -0.129. The Morgan fingerprint density at radius 1 is 1.36 bits per heavy atom. The molecule has 0 saturated carbocycles. The van der Waals surface area contributed by atoms with Crippen molar-refractivity contribution in [2.24, 2.45) is 0 Å². The van der Waals surface area contributed by atoms with Crippen LogP contribution in [0.5, 0.6) is 0 Å². The molecule has 2 aromatic rings. The van der Waals surface area contributed by atoms with Crippen LogP contribution in [-0.4, -0.2) is 60.2 Å². The molecule has 0 unspecified atom stereocenters. The van der Waals surface area contributed by atoms with E-state index < -0.39 is 0 Å². The molecule has 1 aromatic heterocycles. The number of hydrogen-bond donors (Lipinski definition) is 2. The van der Waals surface area contributed by atoms with Crippen LogP contribution in [-0.2, 0) is 22.5 Å². The Labute approximate surface area is 194 Å². The number of rotatable bonds is 5. The quantitative estimate of drug-likeness (QED) is 0.686. The van der Waals surface area contributed by atoms with Crippen molar-refractivity contribution in [3.05, 3.63) is 46.8 Å². The average molecular weight is 449 g/mol. The summed E-state index contributed by atoms with van der Waals surface area (Å²) in [5.74, 6) is 1.42. The molecule has 3 aliphatic heterocycles. The Balaban J connectivity index is 1.57. The van der Waals surface area contributed by atoms with Gasteiger partial charge in [0, 0.05) is 80.9 Å². The minimum Gasteiger partial charge on any atom is -0.393 e. The van der Waals surface area contributed by atoms with Crippen LogP contribution < -0.4 is 10.2 Å². The smallest absolute Gasteiger partial charge is 0.219 e. The second kappa shape index (κ2) is 8.67. The van der Waals surface area contributed by atoms with Crippen LogP contribution in [0.3, 0.4) is 0 Å². The van der Waals surface area contributed by atoms with Gasteiger partial charge in [0.25, 0.3) is 0 Å². The summed E-state index contributed by atoms with van der Waals surface area (Å²) in [6.07, 6.45) is 5.04. The van der Waals surface area contributed by atoms with Gasteiger partial charge in [-0.3, -0.25) is 9.48 Å². The van der Waals surface area contributed by atoms with Crippen molar-refractivity contribution in [3.8, 4) is 0 Å². The number of carbonyl (C=O) groups is 1. The van der Waals surface area contributed by atoms with Crippen LogP contribution in [0.4, 0.5) is 11.5 Å². The number of carbonyl (C=O) groups excluding carboxylic acids is 1. The fraction of sp³-hybridized carbons (Fsp3) is 0.480. The van der Waals surface area contributed by atoms with E-state index in [4.69, 9.17) is 15.2 Å². The van der Waals surface area contributed by atoms with E-state index >= 15 is 0 Å². The molecule has 8 nitrogen and oxygen atoms in total. The van der Waals surface area contributed by atoms with E-state index in [-0.39, 0.29) is 11.9 Å². The maximum atomic E-state index is 12.2. The molecule has 0 radical (unpaired) electrons. The molecule has 1 aromatic carbocycles. The molecule has 2 atom stereocenters. The second-order valence-corrected chi connectivity index (χ2v) is 9.22. The Kier molecular flexibility index (Phi) is 5.70. The van der Waals surface area contributed by atoms with E-state index in [2.05, 4.69) is 40.0 Å². The Morgan fingerprint density at radius 3 is 2.91 bits per heavy atom. The molecule has 5 rings (SSSR count). The van der Waals surface area contributed by atoms with Crippen LogP contribution in [0, 0.1) is 5.41 Å². The molecule has 0 aliphatic carbocycles. The highest BCUT2D eigenvalue weighted by Crippen LogP contribution is 2.44. The van der Waals surface area contributed by atoms with Crippen LogP contribution in [0.2, 0.25) is 0 Å². The predicted molar refractivity (Wildman–Crippen MR) is 129 cm³/mol. The lowest BCUT2D eigenvalue weighted by Crippen LogP contribution is -2.35. The third-order valence-corrected chi connectivity index (χ3v) is 7.11. The predicted octanol–water partition coefficient (Wildman–Crippen LogP) is 3.21. The van der Waals surface area contributed by atoms with Crippen molar-refractivity contribution < 1.29 is 9.53 Å². The van der Waals surface area contributed by atoms with Gasteiger partial charge in [-0.05, 0) is 29.7 Å². The molecule has 2 N–H and O–H groups in total. The van der Waals surface area contributed by atoms with Crippen molar-refractivity contribution in [3.63, 3.8) is 0 Å². The van der Waals surface area contributed by atoms with Gasteiger partial charge < -0.3 is 25.3 Å². The fourth-order valence-corrected chi connectivity index (χ4v) is 5.34. The van der Waals surface area contributed by atoms with Crippen molar-refractivity contribution in [1.29, 1.82) is 5.41 Å². The van der Waals surface area contributed by atoms with Gasteiger partial charge in [-0.2, -0.15) is 5.10 Å². The van der Waals surface area contributed by atoms with Gasteiger partial charge in [0.05, 0.1) is 19.2 Å². The number of hydrogen-bond acceptors (Lipinski definition) is 6. The Bertz CT molecular complexity index is 1110.